The van der Waals surface area contributed by atoms with Crippen LogP contribution in [0.5, 0.6) is 0 Å². The Balaban J connectivity index is 2.57. The maximum absolute atomic E-state index is 2.37. The van der Waals surface area contributed by atoms with Gasteiger partial charge in [0.25, 0.3) is 0 Å². The van der Waals surface area contributed by atoms with Crippen LogP contribution in [0.4, 0.5) is 0 Å². The fraction of sp³-hybridized carbons (Fsp3) is 0.538. The largest absolute Gasteiger partial charge is 0.139 e. The third kappa shape index (κ3) is 5.41. The smallest absolute Gasteiger partial charge is 0.0417 e. The molecule has 0 saturated carbocycles. The Labute approximate surface area is 172 Å². The Morgan fingerprint density at radius 1 is 0.519 bits per heavy atom. The highest BCUT2D eigenvalue weighted by Crippen LogP contribution is 2.57. The van der Waals surface area contributed by atoms with Crippen molar-refractivity contribution in [2.45, 2.75) is 88.6 Å². The molecule has 0 aromatic heterocycles. The van der Waals surface area contributed by atoms with Gasteiger partial charge >= 0.3 is 0 Å². The zero-order valence-electron chi connectivity index (χ0n) is 17.8. The lowest BCUT2D eigenvalue weighted by Crippen LogP contribution is -2.32. The molecule has 0 amide bonds. The number of thioether (sulfide) groups is 1. The second-order valence-electron chi connectivity index (χ2n) is 7.82. The third-order valence-electron chi connectivity index (χ3n) is 5.61. The van der Waals surface area contributed by atoms with Gasteiger partial charge in [-0.15, -0.1) is 11.8 Å². The summed E-state index contributed by atoms with van der Waals surface area (Å²) in [5.74, 6) is 0. The molecule has 0 radical (unpaired) electrons. The van der Waals surface area contributed by atoms with Gasteiger partial charge in [-0.3, -0.25) is 0 Å². The highest BCUT2D eigenvalue weighted by atomic mass is 32.2. The van der Waals surface area contributed by atoms with E-state index in [-0.39, 0.29) is 9.49 Å². The molecule has 27 heavy (non-hydrogen) atoms. The van der Waals surface area contributed by atoms with E-state index in [1.165, 1.54) is 62.5 Å². The first-order valence-corrected chi connectivity index (χ1v) is 11.8. The zero-order chi connectivity index (χ0) is 19.6. The second kappa shape index (κ2) is 11.0. The summed E-state index contributed by atoms with van der Waals surface area (Å²) >= 11 is 2.29. The summed E-state index contributed by atoms with van der Waals surface area (Å²) in [7, 11) is 0. The van der Waals surface area contributed by atoms with Crippen molar-refractivity contribution in [1.29, 1.82) is 0 Å². The Bertz CT molecular complexity index is 562. The van der Waals surface area contributed by atoms with E-state index in [0.717, 1.165) is 0 Å². The lowest BCUT2D eigenvalue weighted by atomic mass is 9.88. The molecule has 1 heteroatoms. The van der Waals surface area contributed by atoms with Crippen molar-refractivity contribution in [3.8, 4) is 0 Å². The molecule has 2 aromatic rings. The molecular weight excluding hydrogens is 344 g/mol. The molecule has 0 spiro atoms. The molecule has 2 rings (SSSR count). The Morgan fingerprint density at radius 3 is 1.07 bits per heavy atom. The molecule has 0 aliphatic carbocycles. The van der Waals surface area contributed by atoms with Gasteiger partial charge in [-0.25, -0.2) is 0 Å². The summed E-state index contributed by atoms with van der Waals surface area (Å²) in [6, 6.07) is 22.7. The van der Waals surface area contributed by atoms with Crippen LogP contribution >= 0.6 is 11.8 Å². The molecule has 0 N–H and O–H groups in total. The van der Waals surface area contributed by atoms with E-state index in [1.807, 2.05) is 0 Å². The quantitative estimate of drug-likeness (QED) is 0.353. The van der Waals surface area contributed by atoms with Crippen LogP contribution in [0.2, 0.25) is 0 Å². The summed E-state index contributed by atoms with van der Waals surface area (Å²) in [5.41, 5.74) is 3.04. The molecule has 0 bridgehead atoms. The van der Waals surface area contributed by atoms with E-state index in [0.29, 0.717) is 0 Å². The molecule has 0 nitrogen and oxygen atoms in total. The maximum Gasteiger partial charge on any atom is 0.0417 e. The highest BCUT2D eigenvalue weighted by molar-refractivity contribution is 8.01. The first kappa shape index (κ1) is 22.1. The van der Waals surface area contributed by atoms with Crippen molar-refractivity contribution in [2.75, 3.05) is 0 Å². The van der Waals surface area contributed by atoms with Crippen LogP contribution in [0.25, 0.3) is 0 Å². The number of hydrogen-bond acceptors (Lipinski definition) is 1. The number of benzene rings is 2. The summed E-state index contributed by atoms with van der Waals surface area (Å²) < 4.78 is 0.399. The lowest BCUT2D eigenvalue weighted by molar-refractivity contribution is 0.466. The first-order chi connectivity index (χ1) is 13.2. The average molecular weight is 383 g/mol. The van der Waals surface area contributed by atoms with Crippen LogP contribution in [-0.4, -0.2) is 0 Å². The molecule has 2 aromatic carbocycles. The van der Waals surface area contributed by atoms with Gasteiger partial charge in [0.05, 0.1) is 0 Å². The maximum atomic E-state index is 2.37. The standard InChI is InChI=1S/C26H38S/c1-5-19-25(20-6-2,23-15-11-9-12-16-23)27-26(21-7-3,22-8-4)24-17-13-10-14-18-24/h9-18H,5-8,19-22H2,1-4H3. The summed E-state index contributed by atoms with van der Waals surface area (Å²) in [6.07, 6.45) is 9.90. The first-order valence-electron chi connectivity index (χ1n) is 11.0. The fourth-order valence-electron chi connectivity index (χ4n) is 4.62. The van der Waals surface area contributed by atoms with E-state index < -0.39 is 0 Å². The van der Waals surface area contributed by atoms with E-state index in [4.69, 9.17) is 0 Å². The van der Waals surface area contributed by atoms with E-state index >= 15 is 0 Å². The molecule has 0 saturated heterocycles. The van der Waals surface area contributed by atoms with E-state index in [9.17, 15) is 0 Å². The minimum atomic E-state index is 0.199. The molecule has 0 atom stereocenters. The monoisotopic (exact) mass is 382 g/mol. The predicted octanol–water partition coefficient (Wildman–Crippen LogP) is 8.71. The molecular formula is C26H38S. The Kier molecular flexibility index (Phi) is 8.96. The molecule has 0 fully saturated rings. The Hall–Kier alpha value is -1.21. The molecule has 0 aliphatic heterocycles. The van der Waals surface area contributed by atoms with Crippen molar-refractivity contribution in [3.63, 3.8) is 0 Å². The van der Waals surface area contributed by atoms with Crippen molar-refractivity contribution in [3.05, 3.63) is 71.8 Å². The summed E-state index contributed by atoms with van der Waals surface area (Å²) in [6.45, 7) is 9.38. The van der Waals surface area contributed by atoms with Crippen LogP contribution < -0.4 is 0 Å². The molecule has 148 valence electrons. The van der Waals surface area contributed by atoms with Gasteiger partial charge in [0.2, 0.25) is 0 Å². The molecule has 0 heterocycles. The van der Waals surface area contributed by atoms with E-state index in [2.05, 4.69) is 100 Å². The van der Waals surface area contributed by atoms with Crippen LogP contribution in [0.1, 0.15) is 90.2 Å². The van der Waals surface area contributed by atoms with Crippen molar-refractivity contribution >= 4 is 11.8 Å². The van der Waals surface area contributed by atoms with Crippen molar-refractivity contribution in [2.24, 2.45) is 0 Å². The SMILES string of the molecule is CCCC(CCC)(SC(CCC)(CCC)c1ccccc1)c1ccccc1. The highest BCUT2D eigenvalue weighted by Gasteiger charge is 2.42. The topological polar surface area (TPSA) is 0 Å². The minimum absolute atomic E-state index is 0.199. The normalized spacial score (nSPS) is 12.3. The van der Waals surface area contributed by atoms with E-state index in [1.54, 1.807) is 0 Å². The summed E-state index contributed by atoms with van der Waals surface area (Å²) in [4.78, 5) is 0. The van der Waals surface area contributed by atoms with Crippen LogP contribution in [-0.2, 0) is 9.49 Å². The third-order valence-corrected chi connectivity index (χ3v) is 7.68. The van der Waals surface area contributed by atoms with Crippen LogP contribution in [0.15, 0.2) is 60.7 Å². The van der Waals surface area contributed by atoms with Gasteiger partial charge in [0.15, 0.2) is 0 Å². The number of hydrogen-bond donors (Lipinski definition) is 0. The predicted molar refractivity (Wildman–Crippen MR) is 123 cm³/mol. The van der Waals surface area contributed by atoms with Gasteiger partial charge in [-0.05, 0) is 36.8 Å². The van der Waals surface area contributed by atoms with Gasteiger partial charge in [-0.1, -0.05) is 114 Å². The van der Waals surface area contributed by atoms with Gasteiger partial charge in [0.1, 0.15) is 0 Å². The van der Waals surface area contributed by atoms with Gasteiger partial charge in [-0.2, -0.15) is 0 Å². The fourth-order valence-corrected chi connectivity index (χ4v) is 7.10. The minimum Gasteiger partial charge on any atom is -0.139 e. The second-order valence-corrected chi connectivity index (χ2v) is 9.59. The van der Waals surface area contributed by atoms with Crippen LogP contribution in [0.3, 0.4) is 0 Å². The molecule has 0 aliphatic rings. The number of rotatable bonds is 12. The lowest BCUT2D eigenvalue weighted by Gasteiger charge is -2.44. The van der Waals surface area contributed by atoms with Crippen molar-refractivity contribution < 1.29 is 0 Å². The zero-order valence-corrected chi connectivity index (χ0v) is 18.7. The van der Waals surface area contributed by atoms with Gasteiger partial charge in [0, 0.05) is 9.49 Å². The van der Waals surface area contributed by atoms with Gasteiger partial charge < -0.3 is 0 Å². The van der Waals surface area contributed by atoms with Crippen LogP contribution in [0, 0.1) is 0 Å². The Morgan fingerprint density at radius 2 is 0.815 bits per heavy atom. The summed E-state index contributed by atoms with van der Waals surface area (Å²) in [5, 5.41) is 0. The molecule has 0 unspecified atom stereocenters. The van der Waals surface area contributed by atoms with Crippen molar-refractivity contribution in [1.82, 2.24) is 0 Å². The average Bonchev–Trinajstić information content (AvgIpc) is 2.70.